The minimum absolute atomic E-state index is 0.0106. The minimum atomic E-state index is -0.0349. The summed E-state index contributed by atoms with van der Waals surface area (Å²) < 4.78 is 0. The van der Waals surface area contributed by atoms with Crippen molar-refractivity contribution in [1.82, 2.24) is 9.88 Å². The van der Waals surface area contributed by atoms with Crippen LogP contribution in [0.25, 0.3) is 0 Å². The number of benzene rings is 1. The standard InChI is InChI=1S/C20H23ClN4O2/c21-16-4-3-5-17(14-16)23-19(26)9-13-25-11-7-15(8-12-25)20(27)24-18-6-1-2-10-22-18/h1-6,10,14-15H,7-9,11-13H2,(H,23,26)(H,22,24,27). The van der Waals surface area contributed by atoms with Gasteiger partial charge in [-0.3, -0.25) is 9.59 Å². The average molecular weight is 387 g/mol. The van der Waals surface area contributed by atoms with Crippen LogP contribution in [-0.4, -0.2) is 41.3 Å². The van der Waals surface area contributed by atoms with Crippen LogP contribution < -0.4 is 10.6 Å². The van der Waals surface area contributed by atoms with Crippen LogP contribution in [0, 0.1) is 5.92 Å². The first-order valence-corrected chi connectivity index (χ1v) is 9.47. The number of carbonyl (C=O) groups is 2. The highest BCUT2D eigenvalue weighted by molar-refractivity contribution is 6.30. The van der Waals surface area contributed by atoms with Crippen LogP contribution in [0.5, 0.6) is 0 Å². The minimum Gasteiger partial charge on any atom is -0.326 e. The number of piperidine rings is 1. The maximum Gasteiger partial charge on any atom is 0.228 e. The van der Waals surface area contributed by atoms with Gasteiger partial charge in [0.1, 0.15) is 5.82 Å². The molecule has 142 valence electrons. The van der Waals surface area contributed by atoms with Gasteiger partial charge in [-0.05, 0) is 56.3 Å². The fraction of sp³-hybridized carbons (Fsp3) is 0.350. The largest absolute Gasteiger partial charge is 0.326 e. The van der Waals surface area contributed by atoms with E-state index in [4.69, 9.17) is 11.6 Å². The molecule has 2 N–H and O–H groups in total. The summed E-state index contributed by atoms with van der Waals surface area (Å²) in [5, 5.41) is 6.32. The van der Waals surface area contributed by atoms with Gasteiger partial charge >= 0.3 is 0 Å². The molecule has 0 bridgehead atoms. The number of aromatic nitrogens is 1. The van der Waals surface area contributed by atoms with Gasteiger partial charge in [-0.2, -0.15) is 0 Å². The Kier molecular flexibility index (Phi) is 6.79. The second-order valence-corrected chi connectivity index (χ2v) is 7.07. The Hall–Kier alpha value is -2.44. The Balaban J connectivity index is 1.38. The lowest BCUT2D eigenvalue weighted by Crippen LogP contribution is -2.39. The molecule has 27 heavy (non-hydrogen) atoms. The third kappa shape index (κ3) is 6.05. The smallest absolute Gasteiger partial charge is 0.228 e. The number of hydrogen-bond donors (Lipinski definition) is 2. The van der Waals surface area contributed by atoms with Gasteiger partial charge in [-0.25, -0.2) is 4.98 Å². The molecule has 2 aromatic rings. The quantitative estimate of drug-likeness (QED) is 0.797. The number of likely N-dealkylation sites (tertiary alicyclic amines) is 1. The molecule has 0 spiro atoms. The summed E-state index contributed by atoms with van der Waals surface area (Å²) in [5.74, 6) is 0.561. The van der Waals surface area contributed by atoms with E-state index in [9.17, 15) is 9.59 Å². The first-order valence-electron chi connectivity index (χ1n) is 9.10. The van der Waals surface area contributed by atoms with Crippen LogP contribution in [0.15, 0.2) is 48.7 Å². The van der Waals surface area contributed by atoms with E-state index in [0.29, 0.717) is 29.5 Å². The summed E-state index contributed by atoms with van der Waals surface area (Å²) in [5.41, 5.74) is 0.706. The van der Waals surface area contributed by atoms with Crippen LogP contribution in [0.1, 0.15) is 19.3 Å². The highest BCUT2D eigenvalue weighted by Crippen LogP contribution is 2.19. The van der Waals surface area contributed by atoms with Crippen molar-refractivity contribution in [3.63, 3.8) is 0 Å². The van der Waals surface area contributed by atoms with Crippen molar-refractivity contribution in [3.8, 4) is 0 Å². The van der Waals surface area contributed by atoms with E-state index in [0.717, 1.165) is 25.9 Å². The molecule has 6 nitrogen and oxygen atoms in total. The number of rotatable bonds is 6. The molecule has 0 saturated carbocycles. The van der Waals surface area contributed by atoms with E-state index >= 15 is 0 Å². The highest BCUT2D eigenvalue weighted by Gasteiger charge is 2.25. The molecule has 1 aromatic heterocycles. The van der Waals surface area contributed by atoms with Crippen LogP contribution in [0.2, 0.25) is 5.02 Å². The summed E-state index contributed by atoms with van der Waals surface area (Å²) in [6, 6.07) is 12.6. The summed E-state index contributed by atoms with van der Waals surface area (Å²) in [6.07, 6.45) is 3.65. The zero-order valence-electron chi connectivity index (χ0n) is 15.0. The van der Waals surface area contributed by atoms with Crippen molar-refractivity contribution in [1.29, 1.82) is 0 Å². The van der Waals surface area contributed by atoms with Crippen LogP contribution in [-0.2, 0) is 9.59 Å². The fourth-order valence-corrected chi connectivity index (χ4v) is 3.32. The summed E-state index contributed by atoms with van der Waals surface area (Å²) in [6.45, 7) is 2.30. The van der Waals surface area contributed by atoms with Gasteiger partial charge in [0.25, 0.3) is 0 Å². The average Bonchev–Trinajstić information content (AvgIpc) is 2.67. The molecule has 1 fully saturated rings. The molecule has 1 aliphatic rings. The molecular weight excluding hydrogens is 364 g/mol. The summed E-state index contributed by atoms with van der Waals surface area (Å²) in [7, 11) is 0. The summed E-state index contributed by atoms with van der Waals surface area (Å²) in [4.78, 5) is 30.8. The third-order valence-corrected chi connectivity index (χ3v) is 4.87. The normalized spacial score (nSPS) is 15.3. The molecule has 3 rings (SSSR count). The Bertz CT molecular complexity index is 777. The highest BCUT2D eigenvalue weighted by atomic mass is 35.5. The fourth-order valence-electron chi connectivity index (χ4n) is 3.13. The number of hydrogen-bond acceptors (Lipinski definition) is 4. The molecule has 2 amide bonds. The number of pyridine rings is 1. The number of carbonyl (C=O) groups excluding carboxylic acids is 2. The van der Waals surface area contributed by atoms with Crippen molar-refractivity contribution in [2.24, 2.45) is 5.92 Å². The molecule has 0 unspecified atom stereocenters. The molecular formula is C20H23ClN4O2. The van der Waals surface area contributed by atoms with Crippen molar-refractivity contribution in [3.05, 3.63) is 53.7 Å². The van der Waals surface area contributed by atoms with Gasteiger partial charge in [0, 0.05) is 35.8 Å². The van der Waals surface area contributed by atoms with Gasteiger partial charge in [-0.1, -0.05) is 23.7 Å². The molecule has 0 atom stereocenters. The predicted octanol–water partition coefficient (Wildman–Crippen LogP) is 3.41. The maximum atomic E-state index is 12.3. The van der Waals surface area contributed by atoms with Crippen LogP contribution in [0.3, 0.4) is 0 Å². The molecule has 2 heterocycles. The first kappa shape index (κ1) is 19.3. The second kappa shape index (κ2) is 9.48. The molecule has 0 radical (unpaired) electrons. The van der Waals surface area contributed by atoms with E-state index in [1.165, 1.54) is 0 Å². The lowest BCUT2D eigenvalue weighted by molar-refractivity contribution is -0.121. The Morgan fingerprint density at radius 2 is 1.93 bits per heavy atom. The van der Waals surface area contributed by atoms with Gasteiger partial charge in [0.2, 0.25) is 11.8 Å². The van der Waals surface area contributed by atoms with E-state index in [-0.39, 0.29) is 17.7 Å². The second-order valence-electron chi connectivity index (χ2n) is 6.63. The maximum absolute atomic E-state index is 12.3. The molecule has 0 aliphatic carbocycles. The number of halogens is 1. The Morgan fingerprint density at radius 1 is 1.11 bits per heavy atom. The summed E-state index contributed by atoms with van der Waals surface area (Å²) >= 11 is 5.92. The SMILES string of the molecule is O=C(CCN1CCC(C(=O)Nc2ccccn2)CC1)Nc1cccc(Cl)c1. The van der Waals surface area contributed by atoms with Gasteiger partial charge in [0.05, 0.1) is 0 Å². The predicted molar refractivity (Wildman–Crippen MR) is 107 cm³/mol. The number of amides is 2. The van der Waals surface area contributed by atoms with E-state index in [1.54, 1.807) is 30.5 Å². The monoisotopic (exact) mass is 386 g/mol. The molecule has 1 aromatic carbocycles. The Labute approximate surface area is 163 Å². The van der Waals surface area contributed by atoms with E-state index < -0.39 is 0 Å². The zero-order chi connectivity index (χ0) is 19.1. The lowest BCUT2D eigenvalue weighted by atomic mass is 9.96. The molecule has 7 heteroatoms. The lowest BCUT2D eigenvalue weighted by Gasteiger charge is -2.31. The zero-order valence-corrected chi connectivity index (χ0v) is 15.8. The molecule has 1 aliphatic heterocycles. The van der Waals surface area contributed by atoms with Crippen LogP contribution in [0.4, 0.5) is 11.5 Å². The van der Waals surface area contributed by atoms with Crippen molar-refractivity contribution >= 4 is 34.9 Å². The van der Waals surface area contributed by atoms with Crippen molar-refractivity contribution < 1.29 is 9.59 Å². The van der Waals surface area contributed by atoms with Crippen LogP contribution >= 0.6 is 11.6 Å². The Morgan fingerprint density at radius 3 is 2.63 bits per heavy atom. The van der Waals surface area contributed by atoms with Gasteiger partial charge in [0.15, 0.2) is 0 Å². The number of nitrogens with zero attached hydrogens (tertiary/aromatic N) is 2. The third-order valence-electron chi connectivity index (χ3n) is 4.64. The van der Waals surface area contributed by atoms with Gasteiger partial charge in [-0.15, -0.1) is 0 Å². The van der Waals surface area contributed by atoms with Gasteiger partial charge < -0.3 is 15.5 Å². The topological polar surface area (TPSA) is 74.3 Å². The number of anilines is 2. The van der Waals surface area contributed by atoms with Crippen molar-refractivity contribution in [2.75, 3.05) is 30.3 Å². The molecule has 1 saturated heterocycles. The first-order chi connectivity index (χ1) is 13.1. The van der Waals surface area contributed by atoms with E-state index in [2.05, 4.69) is 20.5 Å². The van der Waals surface area contributed by atoms with Crippen molar-refractivity contribution in [2.45, 2.75) is 19.3 Å². The van der Waals surface area contributed by atoms with E-state index in [1.807, 2.05) is 18.2 Å². The number of nitrogens with one attached hydrogen (secondary N) is 2.